The van der Waals surface area contributed by atoms with E-state index in [0.717, 1.165) is 28.3 Å². The smallest absolute Gasteiger partial charge is 0.119 e. The second-order valence-electron chi connectivity index (χ2n) is 5.36. The number of ether oxygens (including phenoxy) is 1. The molecule has 0 radical (unpaired) electrons. The second-order valence-corrected chi connectivity index (χ2v) is 5.36. The van der Waals surface area contributed by atoms with Gasteiger partial charge in [0.05, 0.1) is 12.3 Å². The van der Waals surface area contributed by atoms with Crippen molar-refractivity contribution in [3.8, 4) is 17.0 Å². The van der Waals surface area contributed by atoms with Gasteiger partial charge in [0.15, 0.2) is 0 Å². The molecular weight excluding hydrogens is 304 g/mol. The van der Waals surface area contributed by atoms with Crippen molar-refractivity contribution in [3.05, 3.63) is 60.6 Å². The Morgan fingerprint density at radius 2 is 1.88 bits per heavy atom. The van der Waals surface area contributed by atoms with E-state index in [2.05, 4.69) is 15.4 Å². The van der Waals surface area contributed by atoms with E-state index in [-0.39, 0.29) is 6.61 Å². The number of nitrogens with one attached hydrogen (secondary N) is 1. The Hall–Kier alpha value is -2.86. The molecule has 0 spiro atoms. The second kappa shape index (κ2) is 7.61. The van der Waals surface area contributed by atoms with Crippen LogP contribution in [0.5, 0.6) is 5.75 Å². The molecule has 0 aliphatic carbocycles. The molecule has 2 N–H and O–H groups in total. The minimum Gasteiger partial charge on any atom is -0.491 e. The lowest BCUT2D eigenvalue weighted by molar-refractivity contribution is 0.201. The minimum absolute atomic E-state index is 0.0127. The average molecular weight is 324 g/mol. The highest BCUT2D eigenvalue weighted by Gasteiger charge is 2.09. The van der Waals surface area contributed by atoms with Gasteiger partial charge in [0.2, 0.25) is 0 Å². The normalized spacial score (nSPS) is 10.6. The SMILES string of the molecule is Cn1cc(CNc2ccc(OCCO)cc2)c(-c2ccncc2)n1. The van der Waals surface area contributed by atoms with Crippen LogP contribution in [0.3, 0.4) is 0 Å². The zero-order valence-corrected chi connectivity index (χ0v) is 13.5. The maximum Gasteiger partial charge on any atom is 0.119 e. The van der Waals surface area contributed by atoms with Crippen molar-refractivity contribution >= 4 is 5.69 Å². The first kappa shape index (κ1) is 16.0. The van der Waals surface area contributed by atoms with Crippen LogP contribution >= 0.6 is 0 Å². The Kier molecular flexibility index (Phi) is 5.08. The van der Waals surface area contributed by atoms with Crippen LogP contribution in [0.15, 0.2) is 55.0 Å². The van der Waals surface area contributed by atoms with Gasteiger partial charge in [-0.2, -0.15) is 5.10 Å². The zero-order valence-electron chi connectivity index (χ0n) is 13.5. The lowest BCUT2D eigenvalue weighted by atomic mass is 10.1. The van der Waals surface area contributed by atoms with Crippen molar-refractivity contribution in [1.82, 2.24) is 14.8 Å². The first-order valence-corrected chi connectivity index (χ1v) is 7.77. The molecule has 1 aromatic carbocycles. The molecular formula is C18H20N4O2. The van der Waals surface area contributed by atoms with Crippen LogP contribution in [0.25, 0.3) is 11.3 Å². The molecule has 0 atom stereocenters. The van der Waals surface area contributed by atoms with E-state index in [9.17, 15) is 0 Å². The van der Waals surface area contributed by atoms with Crippen LogP contribution in [0.1, 0.15) is 5.56 Å². The molecule has 24 heavy (non-hydrogen) atoms. The van der Waals surface area contributed by atoms with Crippen LogP contribution in [0, 0.1) is 0 Å². The van der Waals surface area contributed by atoms with E-state index in [1.165, 1.54) is 0 Å². The number of aryl methyl sites for hydroxylation is 1. The van der Waals surface area contributed by atoms with Gasteiger partial charge in [0, 0.05) is 49.0 Å². The fourth-order valence-corrected chi connectivity index (χ4v) is 2.45. The third-order valence-electron chi connectivity index (χ3n) is 3.56. The number of aliphatic hydroxyl groups excluding tert-OH is 1. The molecule has 0 bridgehead atoms. The Morgan fingerprint density at radius 1 is 1.12 bits per heavy atom. The third-order valence-corrected chi connectivity index (χ3v) is 3.56. The number of aliphatic hydroxyl groups is 1. The lowest BCUT2D eigenvalue weighted by Crippen LogP contribution is -2.02. The predicted molar refractivity (Wildman–Crippen MR) is 92.8 cm³/mol. The number of hydrogen-bond donors (Lipinski definition) is 2. The molecule has 0 saturated carbocycles. The summed E-state index contributed by atoms with van der Waals surface area (Å²) in [4.78, 5) is 4.05. The number of pyridine rings is 1. The number of hydrogen-bond acceptors (Lipinski definition) is 5. The van der Waals surface area contributed by atoms with Crippen molar-refractivity contribution in [2.75, 3.05) is 18.5 Å². The Balaban J connectivity index is 1.69. The van der Waals surface area contributed by atoms with Gasteiger partial charge in [-0.25, -0.2) is 0 Å². The molecule has 0 fully saturated rings. The summed E-state index contributed by atoms with van der Waals surface area (Å²) in [6, 6.07) is 11.6. The summed E-state index contributed by atoms with van der Waals surface area (Å²) < 4.78 is 7.17. The standard InChI is InChI=1S/C18H20N4O2/c1-22-13-15(18(21-22)14-6-8-19-9-7-14)12-20-16-2-4-17(5-3-16)24-11-10-23/h2-9,13,20,23H,10-12H2,1H3. The Bertz CT molecular complexity index is 769. The molecule has 0 aliphatic rings. The Morgan fingerprint density at radius 3 is 2.58 bits per heavy atom. The van der Waals surface area contributed by atoms with Crippen molar-refractivity contribution in [3.63, 3.8) is 0 Å². The summed E-state index contributed by atoms with van der Waals surface area (Å²) in [7, 11) is 1.92. The summed E-state index contributed by atoms with van der Waals surface area (Å²) in [5, 5.41) is 16.7. The topological polar surface area (TPSA) is 72.2 Å². The average Bonchev–Trinajstić information content (AvgIpc) is 3.00. The highest BCUT2D eigenvalue weighted by Crippen LogP contribution is 2.22. The molecule has 0 aliphatic heterocycles. The van der Waals surface area contributed by atoms with E-state index in [1.807, 2.05) is 54.3 Å². The van der Waals surface area contributed by atoms with E-state index in [4.69, 9.17) is 9.84 Å². The fourth-order valence-electron chi connectivity index (χ4n) is 2.45. The van der Waals surface area contributed by atoms with Gasteiger partial charge < -0.3 is 15.2 Å². The molecule has 6 nitrogen and oxygen atoms in total. The third kappa shape index (κ3) is 3.91. The van der Waals surface area contributed by atoms with Gasteiger partial charge in [-0.1, -0.05) is 0 Å². The molecule has 124 valence electrons. The van der Waals surface area contributed by atoms with E-state index >= 15 is 0 Å². The first-order chi connectivity index (χ1) is 11.8. The largest absolute Gasteiger partial charge is 0.491 e. The quantitative estimate of drug-likeness (QED) is 0.698. The summed E-state index contributed by atoms with van der Waals surface area (Å²) in [5.74, 6) is 0.744. The summed E-state index contributed by atoms with van der Waals surface area (Å²) in [6.45, 7) is 0.985. The van der Waals surface area contributed by atoms with Crippen molar-refractivity contribution < 1.29 is 9.84 Å². The molecule has 0 amide bonds. The predicted octanol–water partition coefficient (Wildman–Crippen LogP) is 2.47. The van der Waals surface area contributed by atoms with Gasteiger partial charge in [-0.15, -0.1) is 0 Å². The lowest BCUT2D eigenvalue weighted by Gasteiger charge is -2.08. The molecule has 0 unspecified atom stereocenters. The Labute approximate surface area is 140 Å². The number of benzene rings is 1. The monoisotopic (exact) mass is 324 g/mol. The highest BCUT2D eigenvalue weighted by atomic mass is 16.5. The summed E-state index contributed by atoms with van der Waals surface area (Å²) in [6.07, 6.45) is 5.56. The van der Waals surface area contributed by atoms with Gasteiger partial charge in [-0.05, 0) is 36.4 Å². The van der Waals surface area contributed by atoms with Crippen molar-refractivity contribution in [2.45, 2.75) is 6.54 Å². The van der Waals surface area contributed by atoms with Crippen LogP contribution in [-0.4, -0.2) is 33.1 Å². The van der Waals surface area contributed by atoms with Crippen LogP contribution in [-0.2, 0) is 13.6 Å². The zero-order chi connectivity index (χ0) is 16.8. The molecule has 2 aromatic heterocycles. The maximum atomic E-state index is 8.77. The maximum absolute atomic E-state index is 8.77. The van der Waals surface area contributed by atoms with E-state index in [0.29, 0.717) is 13.2 Å². The summed E-state index contributed by atoms with van der Waals surface area (Å²) >= 11 is 0. The molecule has 2 heterocycles. The van der Waals surface area contributed by atoms with Gasteiger partial charge in [-0.3, -0.25) is 9.67 Å². The number of nitrogens with zero attached hydrogens (tertiary/aromatic N) is 3. The van der Waals surface area contributed by atoms with E-state index in [1.54, 1.807) is 12.4 Å². The fraction of sp³-hybridized carbons (Fsp3) is 0.222. The molecule has 6 heteroatoms. The molecule has 0 saturated heterocycles. The minimum atomic E-state index is 0.0127. The number of rotatable bonds is 7. The van der Waals surface area contributed by atoms with Gasteiger partial charge >= 0.3 is 0 Å². The number of anilines is 1. The van der Waals surface area contributed by atoms with Crippen LogP contribution in [0.4, 0.5) is 5.69 Å². The van der Waals surface area contributed by atoms with Crippen molar-refractivity contribution in [2.24, 2.45) is 7.05 Å². The molecule has 3 aromatic rings. The first-order valence-electron chi connectivity index (χ1n) is 7.77. The van der Waals surface area contributed by atoms with Crippen molar-refractivity contribution in [1.29, 1.82) is 0 Å². The van der Waals surface area contributed by atoms with Crippen LogP contribution in [0.2, 0.25) is 0 Å². The number of aromatic nitrogens is 3. The van der Waals surface area contributed by atoms with Gasteiger partial charge in [0.1, 0.15) is 12.4 Å². The van der Waals surface area contributed by atoms with E-state index < -0.39 is 0 Å². The van der Waals surface area contributed by atoms with Crippen LogP contribution < -0.4 is 10.1 Å². The highest BCUT2D eigenvalue weighted by molar-refractivity contribution is 5.62. The summed E-state index contributed by atoms with van der Waals surface area (Å²) in [5.41, 5.74) is 4.12. The molecule has 3 rings (SSSR count). The van der Waals surface area contributed by atoms with Gasteiger partial charge in [0.25, 0.3) is 0 Å².